The Hall–Kier alpha value is -2.93. The molecule has 2 fully saturated rings. The summed E-state index contributed by atoms with van der Waals surface area (Å²) in [4.78, 5) is 41.8. The number of rotatable bonds is 12. The summed E-state index contributed by atoms with van der Waals surface area (Å²) in [6, 6.07) is 11.8. The second-order valence-corrected chi connectivity index (χ2v) is 12.2. The molecule has 4 rings (SSSR count). The summed E-state index contributed by atoms with van der Waals surface area (Å²) in [7, 11) is 0. The van der Waals surface area contributed by atoms with Gasteiger partial charge in [0.15, 0.2) is 0 Å². The average Bonchev–Trinajstić information content (AvgIpc) is 3.42. The monoisotopic (exact) mass is 583 g/mol. The minimum Gasteiger partial charge on any atom is -0.369 e. The molecule has 41 heavy (non-hydrogen) atoms. The van der Waals surface area contributed by atoms with Gasteiger partial charge in [0.1, 0.15) is 11.9 Å². The first-order valence-corrected chi connectivity index (χ1v) is 15.6. The SMILES string of the molecule is CCCC[C@H](C(N)=O)[C@@H](CC1CCCC1)C(=O)N[C@H]1CCCCN(Cc2cccc(-c3ccc(F)c(Cl)c3)c2)C1=O. The zero-order valence-corrected chi connectivity index (χ0v) is 24.8. The molecule has 0 unspecified atom stereocenters. The van der Waals surface area contributed by atoms with Gasteiger partial charge in [-0.15, -0.1) is 0 Å². The summed E-state index contributed by atoms with van der Waals surface area (Å²) < 4.78 is 13.7. The quantitative estimate of drug-likeness (QED) is 0.294. The first-order valence-electron chi connectivity index (χ1n) is 15.2. The van der Waals surface area contributed by atoms with E-state index in [1.165, 1.54) is 6.07 Å². The Morgan fingerprint density at radius 1 is 1.05 bits per heavy atom. The van der Waals surface area contributed by atoms with Crippen molar-refractivity contribution < 1.29 is 18.8 Å². The number of primary amides is 1. The zero-order chi connectivity index (χ0) is 29.4. The normalized spacial score (nSPS) is 19.5. The van der Waals surface area contributed by atoms with Crippen molar-refractivity contribution in [1.29, 1.82) is 0 Å². The smallest absolute Gasteiger partial charge is 0.245 e. The summed E-state index contributed by atoms with van der Waals surface area (Å²) in [5, 5.41) is 3.13. The molecule has 1 aliphatic heterocycles. The molecule has 0 radical (unpaired) electrons. The van der Waals surface area contributed by atoms with Gasteiger partial charge in [0.25, 0.3) is 0 Å². The fourth-order valence-corrected chi connectivity index (χ4v) is 6.63. The van der Waals surface area contributed by atoms with Crippen molar-refractivity contribution in [3.8, 4) is 11.1 Å². The lowest BCUT2D eigenvalue weighted by molar-refractivity contribution is -0.139. The van der Waals surface area contributed by atoms with Gasteiger partial charge < -0.3 is 16.0 Å². The highest BCUT2D eigenvalue weighted by Gasteiger charge is 2.37. The van der Waals surface area contributed by atoms with Gasteiger partial charge in [-0.1, -0.05) is 81.3 Å². The fraction of sp³-hybridized carbons (Fsp3) is 0.545. The molecule has 3 atom stereocenters. The van der Waals surface area contributed by atoms with Gasteiger partial charge in [0.2, 0.25) is 17.7 Å². The van der Waals surface area contributed by atoms with E-state index >= 15 is 0 Å². The molecule has 0 aromatic heterocycles. The Morgan fingerprint density at radius 2 is 1.78 bits per heavy atom. The number of halogens is 2. The molecule has 3 N–H and O–H groups in total. The third-order valence-corrected chi connectivity index (χ3v) is 9.06. The largest absolute Gasteiger partial charge is 0.369 e. The van der Waals surface area contributed by atoms with Crippen molar-refractivity contribution in [3.05, 3.63) is 58.9 Å². The minimum atomic E-state index is -0.630. The lowest BCUT2D eigenvalue weighted by atomic mass is 9.80. The molecule has 3 amide bonds. The van der Waals surface area contributed by atoms with Crippen molar-refractivity contribution in [3.63, 3.8) is 0 Å². The van der Waals surface area contributed by atoms with E-state index in [1.807, 2.05) is 29.2 Å². The first kappa shape index (κ1) is 31.0. The van der Waals surface area contributed by atoms with Crippen molar-refractivity contribution in [2.45, 2.75) is 90.1 Å². The van der Waals surface area contributed by atoms with Crippen LogP contribution < -0.4 is 11.1 Å². The van der Waals surface area contributed by atoms with Crippen molar-refractivity contribution >= 4 is 29.3 Å². The average molecular weight is 584 g/mol. The Bertz CT molecular complexity index is 1220. The highest BCUT2D eigenvalue weighted by Crippen LogP contribution is 2.35. The summed E-state index contributed by atoms with van der Waals surface area (Å²) in [6.07, 6.45) is 9.69. The van der Waals surface area contributed by atoms with E-state index in [0.717, 1.165) is 68.1 Å². The third-order valence-electron chi connectivity index (χ3n) is 8.77. The van der Waals surface area contributed by atoms with Crippen LogP contribution in [0.1, 0.15) is 83.1 Å². The molecule has 2 aromatic rings. The highest BCUT2D eigenvalue weighted by molar-refractivity contribution is 6.31. The van der Waals surface area contributed by atoms with Crippen molar-refractivity contribution in [2.75, 3.05) is 6.54 Å². The third kappa shape index (κ3) is 8.31. The second kappa shape index (κ2) is 14.8. The maximum absolute atomic E-state index is 13.8. The van der Waals surface area contributed by atoms with E-state index in [4.69, 9.17) is 17.3 Å². The number of carbonyl (C=O) groups excluding carboxylic acids is 3. The van der Waals surface area contributed by atoms with Crippen LogP contribution in [0, 0.1) is 23.6 Å². The first-order chi connectivity index (χ1) is 19.8. The van der Waals surface area contributed by atoms with Crippen LogP contribution in [0.2, 0.25) is 5.02 Å². The number of carbonyl (C=O) groups is 3. The van der Waals surface area contributed by atoms with Gasteiger partial charge in [-0.3, -0.25) is 14.4 Å². The minimum absolute atomic E-state index is 0.0636. The number of nitrogens with two attached hydrogens (primary N) is 1. The molecule has 0 spiro atoms. The van der Waals surface area contributed by atoms with E-state index in [9.17, 15) is 18.8 Å². The number of unbranched alkanes of at least 4 members (excludes halogenated alkanes) is 1. The van der Waals surface area contributed by atoms with E-state index in [1.54, 1.807) is 12.1 Å². The zero-order valence-electron chi connectivity index (χ0n) is 24.0. The van der Waals surface area contributed by atoms with E-state index in [0.29, 0.717) is 38.3 Å². The number of nitrogens with one attached hydrogen (secondary N) is 1. The number of likely N-dealkylation sites (tertiary alicyclic amines) is 1. The number of benzene rings is 2. The fourth-order valence-electron chi connectivity index (χ4n) is 6.45. The molecule has 2 aliphatic rings. The van der Waals surface area contributed by atoms with Crippen LogP contribution >= 0.6 is 11.6 Å². The highest BCUT2D eigenvalue weighted by atomic mass is 35.5. The van der Waals surface area contributed by atoms with Crippen LogP contribution in [0.3, 0.4) is 0 Å². The molecule has 1 saturated heterocycles. The Labute approximate surface area is 248 Å². The van der Waals surface area contributed by atoms with Crippen molar-refractivity contribution in [1.82, 2.24) is 10.2 Å². The second-order valence-electron chi connectivity index (χ2n) is 11.8. The molecule has 222 valence electrons. The van der Waals surface area contributed by atoms with Crippen molar-refractivity contribution in [2.24, 2.45) is 23.5 Å². The molecule has 6 nitrogen and oxygen atoms in total. The van der Waals surface area contributed by atoms with Gasteiger partial charge in [-0.2, -0.15) is 0 Å². The molecule has 0 bridgehead atoms. The number of amides is 3. The van der Waals surface area contributed by atoms with Crippen LogP contribution in [0.25, 0.3) is 11.1 Å². The molecular formula is C33H43ClFN3O3. The molecule has 1 aliphatic carbocycles. The van der Waals surface area contributed by atoms with Gasteiger partial charge in [0.05, 0.1) is 5.02 Å². The van der Waals surface area contributed by atoms with Crippen LogP contribution in [0.5, 0.6) is 0 Å². The maximum Gasteiger partial charge on any atom is 0.245 e. The Kier molecular flexibility index (Phi) is 11.2. The summed E-state index contributed by atoms with van der Waals surface area (Å²) in [5.41, 5.74) is 8.46. The predicted octanol–water partition coefficient (Wildman–Crippen LogP) is 6.63. The summed E-state index contributed by atoms with van der Waals surface area (Å²) in [6.45, 7) is 3.07. The van der Waals surface area contributed by atoms with Gasteiger partial charge in [0, 0.05) is 24.9 Å². The molecule has 8 heteroatoms. The molecule has 1 heterocycles. The summed E-state index contributed by atoms with van der Waals surface area (Å²) >= 11 is 6.00. The summed E-state index contributed by atoms with van der Waals surface area (Å²) in [5.74, 6) is -1.82. The van der Waals surface area contributed by atoms with Crippen LogP contribution in [0.15, 0.2) is 42.5 Å². The Morgan fingerprint density at radius 3 is 2.49 bits per heavy atom. The topological polar surface area (TPSA) is 92.5 Å². The lowest BCUT2D eigenvalue weighted by Gasteiger charge is -2.30. The van der Waals surface area contributed by atoms with Crippen LogP contribution in [-0.4, -0.2) is 35.2 Å². The van der Waals surface area contributed by atoms with Crippen LogP contribution in [0.4, 0.5) is 4.39 Å². The van der Waals surface area contributed by atoms with Gasteiger partial charge >= 0.3 is 0 Å². The predicted molar refractivity (Wildman–Crippen MR) is 160 cm³/mol. The van der Waals surface area contributed by atoms with E-state index in [2.05, 4.69) is 12.2 Å². The van der Waals surface area contributed by atoms with E-state index < -0.39 is 29.6 Å². The number of hydrogen-bond acceptors (Lipinski definition) is 3. The Balaban J connectivity index is 1.48. The van der Waals surface area contributed by atoms with Crippen LogP contribution in [-0.2, 0) is 20.9 Å². The molecular weight excluding hydrogens is 541 g/mol. The van der Waals surface area contributed by atoms with Gasteiger partial charge in [-0.25, -0.2) is 4.39 Å². The maximum atomic E-state index is 13.8. The number of hydrogen-bond donors (Lipinski definition) is 2. The molecule has 1 saturated carbocycles. The van der Waals surface area contributed by atoms with E-state index in [-0.39, 0.29) is 16.8 Å². The molecule has 2 aromatic carbocycles. The lowest BCUT2D eigenvalue weighted by Crippen LogP contribution is -2.50. The van der Waals surface area contributed by atoms with Gasteiger partial charge in [-0.05, 0) is 72.9 Å². The standard InChI is InChI=1S/C33H43ClFN3O3/c1-2-3-13-26(31(36)39)27(19-22-9-4-5-10-22)32(40)37-30-14-6-7-17-38(33(30)41)21-23-11-8-12-24(18-23)25-15-16-29(35)28(34)20-25/h8,11-12,15-16,18,20,22,26-27,30H,2-7,9-10,13-14,17,19,21H2,1H3,(H2,36,39)(H,37,40)/t26-,27+,30-/m0/s1. The number of nitrogens with zero attached hydrogens (tertiary/aromatic N) is 1.